The minimum absolute atomic E-state index is 0.0432. The molecule has 0 bridgehead atoms. The quantitative estimate of drug-likeness (QED) is 0.764. The van der Waals surface area contributed by atoms with E-state index in [1.807, 2.05) is 6.92 Å². The summed E-state index contributed by atoms with van der Waals surface area (Å²) in [6.07, 6.45) is -0.182. The molecule has 0 aromatic heterocycles. The molecule has 0 aliphatic heterocycles. The second kappa shape index (κ2) is 4.50. The molecule has 0 spiro atoms. The van der Waals surface area contributed by atoms with Gasteiger partial charge in [-0.15, -0.1) is 0 Å². The van der Waals surface area contributed by atoms with E-state index in [-0.39, 0.29) is 12.2 Å². The number of hydrogen-bond acceptors (Lipinski definition) is 3. The third-order valence-electron chi connectivity index (χ3n) is 1.71. The standard InChI is InChI=1S/C10H12O4/c1-2-14-8-4-3-7(5-10(12)13)9(11)6-8/h3-4,6,11H,2,5H2,1H3,(H,12,13). The maximum atomic E-state index is 10.4. The van der Waals surface area contributed by atoms with Gasteiger partial charge < -0.3 is 14.9 Å². The van der Waals surface area contributed by atoms with E-state index in [0.717, 1.165) is 0 Å². The number of carboxylic acid groups (broad SMARTS) is 1. The number of hydrogen-bond donors (Lipinski definition) is 2. The first-order chi connectivity index (χ1) is 6.63. The van der Waals surface area contributed by atoms with Crippen molar-refractivity contribution < 1.29 is 19.7 Å². The van der Waals surface area contributed by atoms with Crippen molar-refractivity contribution in [3.05, 3.63) is 23.8 Å². The molecule has 4 nitrogen and oxygen atoms in total. The molecule has 0 saturated carbocycles. The Kier molecular flexibility index (Phi) is 3.34. The van der Waals surface area contributed by atoms with Gasteiger partial charge >= 0.3 is 5.97 Å². The van der Waals surface area contributed by atoms with Crippen LogP contribution >= 0.6 is 0 Å². The molecule has 0 saturated heterocycles. The lowest BCUT2D eigenvalue weighted by Gasteiger charge is -2.05. The fourth-order valence-corrected chi connectivity index (χ4v) is 1.11. The van der Waals surface area contributed by atoms with Crippen molar-refractivity contribution in [1.82, 2.24) is 0 Å². The summed E-state index contributed by atoms with van der Waals surface area (Å²) in [5, 5.41) is 17.9. The van der Waals surface area contributed by atoms with Gasteiger partial charge in [-0.3, -0.25) is 4.79 Å². The Morgan fingerprint density at radius 1 is 1.50 bits per heavy atom. The van der Waals surface area contributed by atoms with E-state index < -0.39 is 5.97 Å². The number of benzene rings is 1. The van der Waals surface area contributed by atoms with Crippen molar-refractivity contribution in [2.75, 3.05) is 6.61 Å². The second-order valence-corrected chi connectivity index (χ2v) is 2.79. The van der Waals surface area contributed by atoms with Crippen molar-refractivity contribution in [2.24, 2.45) is 0 Å². The normalized spacial score (nSPS) is 9.79. The number of phenolic OH excluding ortho intramolecular Hbond substituents is 1. The Balaban J connectivity index is 2.84. The van der Waals surface area contributed by atoms with Gasteiger partial charge in [0, 0.05) is 11.6 Å². The minimum Gasteiger partial charge on any atom is -0.508 e. The van der Waals surface area contributed by atoms with E-state index >= 15 is 0 Å². The average molecular weight is 196 g/mol. The van der Waals surface area contributed by atoms with E-state index in [4.69, 9.17) is 9.84 Å². The molecule has 0 unspecified atom stereocenters. The second-order valence-electron chi connectivity index (χ2n) is 2.79. The largest absolute Gasteiger partial charge is 0.508 e. The van der Waals surface area contributed by atoms with Crippen LogP contribution in [0.1, 0.15) is 12.5 Å². The first-order valence-corrected chi connectivity index (χ1v) is 4.30. The van der Waals surface area contributed by atoms with Crippen LogP contribution in [-0.4, -0.2) is 22.8 Å². The first-order valence-electron chi connectivity index (χ1n) is 4.30. The smallest absolute Gasteiger partial charge is 0.307 e. The van der Waals surface area contributed by atoms with Crippen LogP contribution in [0.2, 0.25) is 0 Å². The van der Waals surface area contributed by atoms with E-state index in [1.165, 1.54) is 6.07 Å². The van der Waals surface area contributed by atoms with Crippen molar-refractivity contribution in [2.45, 2.75) is 13.3 Å². The van der Waals surface area contributed by atoms with Crippen molar-refractivity contribution in [3.8, 4) is 11.5 Å². The summed E-state index contributed by atoms with van der Waals surface area (Å²) >= 11 is 0. The number of aliphatic carboxylic acids is 1. The van der Waals surface area contributed by atoms with Crippen LogP contribution in [0.15, 0.2) is 18.2 Å². The van der Waals surface area contributed by atoms with Crippen molar-refractivity contribution >= 4 is 5.97 Å². The van der Waals surface area contributed by atoms with E-state index in [9.17, 15) is 9.90 Å². The molecular formula is C10H12O4. The summed E-state index contributed by atoms with van der Waals surface area (Å²) in [6.45, 7) is 2.35. The summed E-state index contributed by atoms with van der Waals surface area (Å²) < 4.78 is 5.14. The van der Waals surface area contributed by atoms with Crippen LogP contribution in [0.3, 0.4) is 0 Å². The third kappa shape index (κ3) is 2.65. The molecule has 1 aromatic rings. The highest BCUT2D eigenvalue weighted by molar-refractivity contribution is 5.71. The molecule has 14 heavy (non-hydrogen) atoms. The fraction of sp³-hybridized carbons (Fsp3) is 0.300. The Morgan fingerprint density at radius 2 is 2.21 bits per heavy atom. The maximum absolute atomic E-state index is 10.4. The number of aromatic hydroxyl groups is 1. The molecule has 1 aromatic carbocycles. The van der Waals surface area contributed by atoms with E-state index in [2.05, 4.69) is 0 Å². The Hall–Kier alpha value is -1.71. The number of phenols is 1. The molecule has 0 radical (unpaired) electrons. The van der Waals surface area contributed by atoms with Gasteiger partial charge in [0.15, 0.2) is 0 Å². The van der Waals surface area contributed by atoms with E-state index in [0.29, 0.717) is 17.9 Å². The van der Waals surface area contributed by atoms with Gasteiger partial charge in [0.25, 0.3) is 0 Å². The molecular weight excluding hydrogens is 184 g/mol. The molecule has 0 aliphatic carbocycles. The van der Waals surface area contributed by atoms with Crippen LogP contribution in [0, 0.1) is 0 Å². The molecule has 0 heterocycles. The van der Waals surface area contributed by atoms with Gasteiger partial charge in [-0.05, 0) is 13.0 Å². The summed E-state index contributed by atoms with van der Waals surface area (Å²) in [5.41, 5.74) is 0.390. The van der Waals surface area contributed by atoms with Crippen LogP contribution in [-0.2, 0) is 11.2 Å². The predicted octanol–water partition coefficient (Wildman–Crippen LogP) is 1.42. The highest BCUT2D eigenvalue weighted by Crippen LogP contribution is 2.23. The molecule has 4 heteroatoms. The highest BCUT2D eigenvalue weighted by atomic mass is 16.5. The van der Waals surface area contributed by atoms with Gasteiger partial charge in [-0.2, -0.15) is 0 Å². The molecule has 0 atom stereocenters. The predicted molar refractivity (Wildman–Crippen MR) is 50.6 cm³/mol. The van der Waals surface area contributed by atoms with Gasteiger partial charge in [0.1, 0.15) is 11.5 Å². The van der Waals surface area contributed by atoms with Gasteiger partial charge in [0.05, 0.1) is 13.0 Å². The monoisotopic (exact) mass is 196 g/mol. The zero-order valence-corrected chi connectivity index (χ0v) is 7.86. The van der Waals surface area contributed by atoms with Crippen LogP contribution in [0.5, 0.6) is 11.5 Å². The topological polar surface area (TPSA) is 66.8 Å². The van der Waals surface area contributed by atoms with Crippen LogP contribution in [0.4, 0.5) is 0 Å². The summed E-state index contributed by atoms with van der Waals surface area (Å²) in [6, 6.07) is 4.61. The molecule has 2 N–H and O–H groups in total. The van der Waals surface area contributed by atoms with Crippen LogP contribution in [0.25, 0.3) is 0 Å². The fourth-order valence-electron chi connectivity index (χ4n) is 1.11. The number of carboxylic acids is 1. The van der Waals surface area contributed by atoms with Gasteiger partial charge in [-0.25, -0.2) is 0 Å². The molecule has 0 amide bonds. The number of ether oxygens (including phenoxy) is 1. The molecule has 0 aliphatic rings. The maximum Gasteiger partial charge on any atom is 0.307 e. The van der Waals surface area contributed by atoms with Gasteiger partial charge in [0.2, 0.25) is 0 Å². The number of rotatable bonds is 4. The van der Waals surface area contributed by atoms with Crippen LogP contribution < -0.4 is 4.74 Å². The lowest BCUT2D eigenvalue weighted by molar-refractivity contribution is -0.136. The summed E-state index contributed by atoms with van der Waals surface area (Å²) in [4.78, 5) is 10.4. The Bertz CT molecular complexity index is 333. The highest BCUT2D eigenvalue weighted by Gasteiger charge is 2.06. The lowest BCUT2D eigenvalue weighted by atomic mass is 10.1. The third-order valence-corrected chi connectivity index (χ3v) is 1.71. The van der Waals surface area contributed by atoms with Crippen molar-refractivity contribution in [1.29, 1.82) is 0 Å². The lowest BCUT2D eigenvalue weighted by Crippen LogP contribution is -2.00. The SMILES string of the molecule is CCOc1ccc(CC(=O)O)c(O)c1. The zero-order chi connectivity index (χ0) is 10.6. The minimum atomic E-state index is -0.968. The Labute approximate surface area is 81.8 Å². The number of carbonyl (C=O) groups is 1. The summed E-state index contributed by atoms with van der Waals surface area (Å²) in [5.74, 6) is -0.470. The molecule has 0 fully saturated rings. The van der Waals surface area contributed by atoms with Gasteiger partial charge in [-0.1, -0.05) is 6.07 Å². The average Bonchev–Trinajstić information content (AvgIpc) is 2.10. The van der Waals surface area contributed by atoms with Crippen molar-refractivity contribution in [3.63, 3.8) is 0 Å². The van der Waals surface area contributed by atoms with E-state index in [1.54, 1.807) is 12.1 Å². The zero-order valence-electron chi connectivity index (χ0n) is 7.86. The first kappa shape index (κ1) is 10.4. The molecule has 1 rings (SSSR count). The molecule has 76 valence electrons. The Morgan fingerprint density at radius 3 is 2.71 bits per heavy atom. The summed E-state index contributed by atoms with van der Waals surface area (Å²) in [7, 11) is 0.